The Morgan fingerprint density at radius 1 is 1.32 bits per heavy atom. The molecule has 1 aliphatic heterocycles. The average molecular weight is 262 g/mol. The van der Waals surface area contributed by atoms with Gasteiger partial charge in [-0.3, -0.25) is 0 Å². The summed E-state index contributed by atoms with van der Waals surface area (Å²) in [6.45, 7) is 8.58. The first-order valence-electron chi connectivity index (χ1n) is 7.49. The summed E-state index contributed by atoms with van der Waals surface area (Å²) in [6.07, 6.45) is 6.44. The van der Waals surface area contributed by atoms with Crippen LogP contribution in [0.4, 0.5) is 5.82 Å². The molecule has 2 heterocycles. The van der Waals surface area contributed by atoms with E-state index >= 15 is 0 Å². The summed E-state index contributed by atoms with van der Waals surface area (Å²) < 4.78 is 0. The molecule has 0 aromatic carbocycles. The summed E-state index contributed by atoms with van der Waals surface area (Å²) in [6, 6.07) is 3.91. The highest BCUT2D eigenvalue weighted by Crippen LogP contribution is 2.38. The number of aliphatic hydroxyl groups excluding tert-OH is 1. The number of nitrogens with zero attached hydrogens (tertiary/aromatic N) is 2. The molecule has 3 nitrogen and oxygen atoms in total. The molecule has 1 aliphatic rings. The van der Waals surface area contributed by atoms with Gasteiger partial charge in [0, 0.05) is 19.3 Å². The number of pyridine rings is 1. The van der Waals surface area contributed by atoms with Crippen LogP contribution in [0, 0.1) is 5.41 Å². The Balaban J connectivity index is 2.07. The van der Waals surface area contributed by atoms with Crippen molar-refractivity contribution in [3.63, 3.8) is 0 Å². The van der Waals surface area contributed by atoms with Crippen molar-refractivity contribution in [2.24, 2.45) is 5.41 Å². The molecule has 0 saturated carbocycles. The van der Waals surface area contributed by atoms with Gasteiger partial charge < -0.3 is 10.0 Å². The Hall–Kier alpha value is -1.09. The van der Waals surface area contributed by atoms with Gasteiger partial charge in [-0.05, 0) is 42.9 Å². The van der Waals surface area contributed by atoms with Gasteiger partial charge in [0.15, 0.2) is 0 Å². The van der Waals surface area contributed by atoms with Crippen LogP contribution in [-0.2, 0) is 0 Å². The normalized spacial score (nSPS) is 20.3. The lowest BCUT2D eigenvalue weighted by atomic mass is 9.74. The fourth-order valence-electron chi connectivity index (χ4n) is 3.03. The molecular formula is C16H26N2O. The van der Waals surface area contributed by atoms with Crippen LogP contribution in [0.2, 0.25) is 0 Å². The molecule has 19 heavy (non-hydrogen) atoms. The van der Waals surface area contributed by atoms with Crippen molar-refractivity contribution < 1.29 is 5.11 Å². The highest BCUT2D eigenvalue weighted by Gasteiger charge is 2.31. The standard InChI is InChI=1S/C16H26N2O/c1-4-16(5-2)7-10-18(11-8-16)15-12-14(13(3)19)6-9-17-15/h6,9,12-13,19H,4-5,7-8,10-11H2,1-3H3. The second-order valence-electron chi connectivity index (χ2n) is 5.82. The molecule has 0 amide bonds. The molecule has 0 radical (unpaired) electrons. The van der Waals surface area contributed by atoms with Gasteiger partial charge in [-0.15, -0.1) is 0 Å². The molecular weight excluding hydrogens is 236 g/mol. The minimum absolute atomic E-state index is 0.420. The van der Waals surface area contributed by atoms with Crippen molar-refractivity contribution in [1.29, 1.82) is 0 Å². The molecule has 1 aromatic heterocycles. The molecule has 0 spiro atoms. The Labute approximate surface area is 116 Å². The largest absolute Gasteiger partial charge is 0.389 e. The van der Waals surface area contributed by atoms with Crippen molar-refractivity contribution in [2.45, 2.75) is 52.6 Å². The molecule has 1 unspecified atom stereocenters. The minimum atomic E-state index is -0.420. The summed E-state index contributed by atoms with van der Waals surface area (Å²) in [5.41, 5.74) is 1.49. The van der Waals surface area contributed by atoms with Crippen molar-refractivity contribution >= 4 is 5.82 Å². The number of rotatable bonds is 4. The van der Waals surface area contributed by atoms with Gasteiger partial charge in [-0.2, -0.15) is 0 Å². The highest BCUT2D eigenvalue weighted by atomic mass is 16.3. The fraction of sp³-hybridized carbons (Fsp3) is 0.688. The maximum Gasteiger partial charge on any atom is 0.128 e. The first-order chi connectivity index (χ1) is 9.10. The predicted octanol–water partition coefficient (Wildman–Crippen LogP) is 3.54. The Morgan fingerprint density at radius 3 is 2.47 bits per heavy atom. The van der Waals surface area contributed by atoms with E-state index in [-0.39, 0.29) is 0 Å². The summed E-state index contributed by atoms with van der Waals surface area (Å²) in [5, 5.41) is 9.66. The molecule has 1 saturated heterocycles. The maximum atomic E-state index is 9.66. The first kappa shape index (κ1) is 14.3. The first-order valence-corrected chi connectivity index (χ1v) is 7.49. The van der Waals surface area contributed by atoms with Crippen LogP contribution in [0.3, 0.4) is 0 Å². The van der Waals surface area contributed by atoms with Crippen molar-refractivity contribution in [3.8, 4) is 0 Å². The van der Waals surface area contributed by atoms with Crippen molar-refractivity contribution in [1.82, 2.24) is 4.98 Å². The summed E-state index contributed by atoms with van der Waals surface area (Å²) in [5.74, 6) is 1.01. The van der Waals surface area contributed by atoms with Gasteiger partial charge in [-0.1, -0.05) is 26.7 Å². The fourth-order valence-corrected chi connectivity index (χ4v) is 3.03. The van der Waals surface area contributed by atoms with Crippen LogP contribution < -0.4 is 4.90 Å². The number of aliphatic hydroxyl groups is 1. The van der Waals surface area contributed by atoms with E-state index in [1.54, 1.807) is 13.1 Å². The monoisotopic (exact) mass is 262 g/mol. The van der Waals surface area contributed by atoms with Gasteiger partial charge in [0.05, 0.1) is 6.10 Å². The van der Waals surface area contributed by atoms with E-state index in [9.17, 15) is 5.11 Å². The number of hydrogen-bond donors (Lipinski definition) is 1. The second-order valence-corrected chi connectivity index (χ2v) is 5.82. The molecule has 2 rings (SSSR count). The lowest BCUT2D eigenvalue weighted by Crippen LogP contribution is -2.40. The zero-order valence-corrected chi connectivity index (χ0v) is 12.4. The van der Waals surface area contributed by atoms with E-state index in [2.05, 4.69) is 23.7 Å². The number of hydrogen-bond acceptors (Lipinski definition) is 3. The summed E-state index contributed by atoms with van der Waals surface area (Å²) in [4.78, 5) is 6.82. The number of piperidine rings is 1. The van der Waals surface area contributed by atoms with Crippen LogP contribution in [-0.4, -0.2) is 23.2 Å². The number of anilines is 1. The van der Waals surface area contributed by atoms with Gasteiger partial charge in [0.1, 0.15) is 5.82 Å². The molecule has 1 N–H and O–H groups in total. The van der Waals surface area contributed by atoms with Crippen molar-refractivity contribution in [2.75, 3.05) is 18.0 Å². The molecule has 0 bridgehead atoms. The van der Waals surface area contributed by atoms with Crippen LogP contribution in [0.15, 0.2) is 18.3 Å². The van der Waals surface area contributed by atoms with E-state index in [1.165, 1.54) is 25.7 Å². The zero-order chi connectivity index (χ0) is 13.9. The van der Waals surface area contributed by atoms with Crippen LogP contribution in [0.1, 0.15) is 58.1 Å². The van der Waals surface area contributed by atoms with E-state index in [0.29, 0.717) is 5.41 Å². The lowest BCUT2D eigenvalue weighted by molar-refractivity contribution is 0.197. The van der Waals surface area contributed by atoms with Crippen molar-refractivity contribution in [3.05, 3.63) is 23.9 Å². The quantitative estimate of drug-likeness (QED) is 0.901. The third-order valence-corrected chi connectivity index (χ3v) is 4.90. The molecule has 1 fully saturated rings. The summed E-state index contributed by atoms with van der Waals surface area (Å²) >= 11 is 0. The van der Waals surface area contributed by atoms with Crippen LogP contribution in [0.25, 0.3) is 0 Å². The predicted molar refractivity (Wildman–Crippen MR) is 79.3 cm³/mol. The topological polar surface area (TPSA) is 36.4 Å². The zero-order valence-electron chi connectivity index (χ0n) is 12.4. The van der Waals surface area contributed by atoms with E-state index in [1.807, 2.05) is 12.1 Å². The van der Waals surface area contributed by atoms with Gasteiger partial charge in [0.2, 0.25) is 0 Å². The highest BCUT2D eigenvalue weighted by molar-refractivity contribution is 5.42. The molecule has 106 valence electrons. The molecule has 0 aliphatic carbocycles. The third-order valence-electron chi connectivity index (χ3n) is 4.90. The van der Waals surface area contributed by atoms with Gasteiger partial charge in [0.25, 0.3) is 0 Å². The van der Waals surface area contributed by atoms with E-state index < -0.39 is 6.10 Å². The van der Waals surface area contributed by atoms with Gasteiger partial charge in [-0.25, -0.2) is 4.98 Å². The minimum Gasteiger partial charge on any atom is -0.389 e. The van der Waals surface area contributed by atoms with E-state index in [0.717, 1.165) is 24.5 Å². The Morgan fingerprint density at radius 2 is 1.95 bits per heavy atom. The van der Waals surface area contributed by atoms with E-state index in [4.69, 9.17) is 0 Å². The lowest BCUT2D eigenvalue weighted by Gasteiger charge is -2.41. The SMILES string of the molecule is CCC1(CC)CCN(c2cc(C(C)O)ccn2)CC1. The average Bonchev–Trinajstić information content (AvgIpc) is 2.47. The smallest absolute Gasteiger partial charge is 0.128 e. The molecule has 3 heteroatoms. The Kier molecular flexibility index (Phi) is 4.46. The van der Waals surface area contributed by atoms with Crippen LogP contribution >= 0.6 is 0 Å². The maximum absolute atomic E-state index is 9.66. The molecule has 1 aromatic rings. The third kappa shape index (κ3) is 3.08. The second kappa shape index (κ2) is 5.91. The number of aromatic nitrogens is 1. The van der Waals surface area contributed by atoms with Crippen LogP contribution in [0.5, 0.6) is 0 Å². The van der Waals surface area contributed by atoms with Gasteiger partial charge >= 0.3 is 0 Å². The molecule has 1 atom stereocenters. The Bertz CT molecular complexity index is 403. The summed E-state index contributed by atoms with van der Waals surface area (Å²) in [7, 11) is 0.